The van der Waals surface area contributed by atoms with Gasteiger partial charge in [0, 0.05) is 12.6 Å². The molecule has 2 N–H and O–H groups in total. The molecule has 0 aliphatic carbocycles. The second-order valence-corrected chi connectivity index (χ2v) is 4.68. The molecular formula is C12H23NO3. The minimum Gasteiger partial charge on any atom is -0.481 e. The van der Waals surface area contributed by atoms with Gasteiger partial charge in [-0.2, -0.15) is 0 Å². The molecule has 0 aromatic heterocycles. The summed E-state index contributed by atoms with van der Waals surface area (Å²) >= 11 is 0. The summed E-state index contributed by atoms with van der Waals surface area (Å²) in [5, 5.41) is 18.2. The van der Waals surface area contributed by atoms with E-state index in [1.54, 1.807) is 0 Å². The maximum absolute atomic E-state index is 10.5. The fourth-order valence-corrected chi connectivity index (χ4v) is 2.50. The van der Waals surface area contributed by atoms with Gasteiger partial charge in [0.15, 0.2) is 0 Å². The Kier molecular flexibility index (Phi) is 5.77. The zero-order valence-electron chi connectivity index (χ0n) is 10.1. The SMILES string of the molecule is CCCC1CCCCN1CC(O)CC(=O)O. The summed E-state index contributed by atoms with van der Waals surface area (Å²) in [7, 11) is 0. The normalized spacial score (nSPS) is 24.2. The molecule has 0 amide bonds. The number of carbonyl (C=O) groups is 1. The Morgan fingerprint density at radius 3 is 2.88 bits per heavy atom. The standard InChI is InChI=1S/C12H23NO3/c1-2-5-10-6-3-4-7-13(10)9-11(14)8-12(15)16/h10-11,14H,2-9H2,1H3,(H,15,16). The summed E-state index contributed by atoms with van der Waals surface area (Å²) in [6.45, 7) is 3.68. The number of aliphatic carboxylic acids is 1. The van der Waals surface area contributed by atoms with Crippen LogP contribution in [0.25, 0.3) is 0 Å². The summed E-state index contributed by atoms with van der Waals surface area (Å²) < 4.78 is 0. The Bertz CT molecular complexity index is 218. The largest absolute Gasteiger partial charge is 0.481 e. The molecule has 0 saturated carbocycles. The minimum absolute atomic E-state index is 0.144. The fraction of sp³-hybridized carbons (Fsp3) is 0.917. The molecule has 1 heterocycles. The van der Waals surface area contributed by atoms with Gasteiger partial charge < -0.3 is 10.2 Å². The van der Waals surface area contributed by atoms with Crippen molar-refractivity contribution in [3.8, 4) is 0 Å². The molecule has 0 bridgehead atoms. The van der Waals surface area contributed by atoms with Crippen molar-refractivity contribution in [2.24, 2.45) is 0 Å². The van der Waals surface area contributed by atoms with E-state index in [4.69, 9.17) is 5.11 Å². The predicted molar refractivity (Wildman–Crippen MR) is 62.4 cm³/mol. The summed E-state index contributed by atoms with van der Waals surface area (Å²) in [6, 6.07) is 0.544. The number of hydrogen-bond acceptors (Lipinski definition) is 3. The third-order valence-electron chi connectivity index (χ3n) is 3.23. The van der Waals surface area contributed by atoms with Crippen molar-refractivity contribution in [3.05, 3.63) is 0 Å². The molecule has 1 aliphatic heterocycles. The van der Waals surface area contributed by atoms with Crippen molar-refractivity contribution < 1.29 is 15.0 Å². The number of hydrogen-bond donors (Lipinski definition) is 2. The minimum atomic E-state index is -0.920. The van der Waals surface area contributed by atoms with Crippen molar-refractivity contribution in [2.45, 2.75) is 57.6 Å². The molecule has 2 unspecified atom stereocenters. The second kappa shape index (κ2) is 6.86. The van der Waals surface area contributed by atoms with Gasteiger partial charge in [-0.25, -0.2) is 0 Å². The lowest BCUT2D eigenvalue weighted by atomic mass is 9.97. The van der Waals surface area contributed by atoms with Crippen LogP contribution in [0.1, 0.15) is 45.4 Å². The Labute approximate surface area is 97.3 Å². The molecule has 2 atom stereocenters. The van der Waals surface area contributed by atoms with Gasteiger partial charge in [0.25, 0.3) is 0 Å². The van der Waals surface area contributed by atoms with Crippen LogP contribution < -0.4 is 0 Å². The molecule has 0 aromatic carbocycles. The number of rotatable bonds is 6. The lowest BCUT2D eigenvalue weighted by Gasteiger charge is -2.36. The first-order chi connectivity index (χ1) is 7.63. The number of likely N-dealkylation sites (tertiary alicyclic amines) is 1. The lowest BCUT2D eigenvalue weighted by Crippen LogP contribution is -2.44. The van der Waals surface area contributed by atoms with Crippen LogP contribution in [0.3, 0.4) is 0 Å². The summed E-state index contributed by atoms with van der Waals surface area (Å²) in [5.41, 5.74) is 0. The van der Waals surface area contributed by atoms with E-state index in [0.717, 1.165) is 19.4 Å². The van der Waals surface area contributed by atoms with E-state index in [1.807, 2.05) is 0 Å². The van der Waals surface area contributed by atoms with Crippen molar-refractivity contribution in [1.82, 2.24) is 4.90 Å². The average molecular weight is 229 g/mol. The molecule has 0 spiro atoms. The first-order valence-electron chi connectivity index (χ1n) is 6.27. The molecule has 16 heavy (non-hydrogen) atoms. The number of aliphatic hydroxyl groups is 1. The van der Waals surface area contributed by atoms with Crippen LogP contribution in [0.15, 0.2) is 0 Å². The van der Waals surface area contributed by atoms with E-state index in [2.05, 4.69) is 11.8 Å². The average Bonchev–Trinajstić information content (AvgIpc) is 2.20. The third kappa shape index (κ3) is 4.49. The number of β-amino-alcohol motifs (C(OH)–C–C–N with tert-alkyl or cyclic N) is 1. The molecule has 1 saturated heterocycles. The van der Waals surface area contributed by atoms with E-state index in [-0.39, 0.29) is 6.42 Å². The van der Waals surface area contributed by atoms with E-state index in [0.29, 0.717) is 12.6 Å². The quantitative estimate of drug-likeness (QED) is 0.724. The Hall–Kier alpha value is -0.610. The third-order valence-corrected chi connectivity index (χ3v) is 3.23. The Morgan fingerprint density at radius 2 is 2.25 bits per heavy atom. The fourth-order valence-electron chi connectivity index (χ4n) is 2.50. The number of carboxylic acids is 1. The first kappa shape index (κ1) is 13.5. The zero-order chi connectivity index (χ0) is 12.0. The number of carboxylic acid groups (broad SMARTS) is 1. The van der Waals surface area contributed by atoms with Gasteiger partial charge in [0.2, 0.25) is 0 Å². The number of nitrogens with zero attached hydrogens (tertiary/aromatic N) is 1. The van der Waals surface area contributed by atoms with Gasteiger partial charge in [0.1, 0.15) is 0 Å². The van der Waals surface area contributed by atoms with Crippen LogP contribution >= 0.6 is 0 Å². The molecule has 4 heteroatoms. The van der Waals surface area contributed by atoms with Crippen molar-refractivity contribution >= 4 is 5.97 Å². The van der Waals surface area contributed by atoms with E-state index >= 15 is 0 Å². The summed E-state index contributed by atoms with van der Waals surface area (Å²) in [5.74, 6) is -0.920. The van der Waals surface area contributed by atoms with Crippen LogP contribution in [0.2, 0.25) is 0 Å². The molecule has 94 valence electrons. The molecule has 4 nitrogen and oxygen atoms in total. The molecule has 0 aromatic rings. The van der Waals surface area contributed by atoms with Crippen LogP contribution in [0.4, 0.5) is 0 Å². The molecule has 1 fully saturated rings. The van der Waals surface area contributed by atoms with E-state index < -0.39 is 12.1 Å². The van der Waals surface area contributed by atoms with Crippen LogP contribution in [-0.2, 0) is 4.79 Å². The van der Waals surface area contributed by atoms with Gasteiger partial charge in [-0.15, -0.1) is 0 Å². The van der Waals surface area contributed by atoms with Crippen LogP contribution in [0.5, 0.6) is 0 Å². The zero-order valence-corrected chi connectivity index (χ0v) is 10.1. The summed E-state index contributed by atoms with van der Waals surface area (Å²) in [6.07, 6.45) is 5.05. The topological polar surface area (TPSA) is 60.8 Å². The highest BCUT2D eigenvalue weighted by molar-refractivity contribution is 5.67. The highest BCUT2D eigenvalue weighted by atomic mass is 16.4. The van der Waals surface area contributed by atoms with Crippen molar-refractivity contribution in [2.75, 3.05) is 13.1 Å². The van der Waals surface area contributed by atoms with Gasteiger partial charge >= 0.3 is 5.97 Å². The highest BCUT2D eigenvalue weighted by Crippen LogP contribution is 2.21. The van der Waals surface area contributed by atoms with Crippen molar-refractivity contribution in [3.63, 3.8) is 0 Å². The van der Waals surface area contributed by atoms with E-state index in [1.165, 1.54) is 19.3 Å². The maximum atomic E-state index is 10.5. The van der Waals surface area contributed by atoms with Gasteiger partial charge in [-0.3, -0.25) is 9.69 Å². The van der Waals surface area contributed by atoms with Gasteiger partial charge in [0.05, 0.1) is 12.5 Å². The Morgan fingerprint density at radius 1 is 1.50 bits per heavy atom. The number of aliphatic hydroxyl groups excluding tert-OH is 1. The molecule has 1 aliphatic rings. The first-order valence-corrected chi connectivity index (χ1v) is 6.27. The smallest absolute Gasteiger partial charge is 0.306 e. The van der Waals surface area contributed by atoms with Gasteiger partial charge in [-0.05, 0) is 25.8 Å². The molecular weight excluding hydrogens is 206 g/mol. The summed E-state index contributed by atoms with van der Waals surface area (Å²) in [4.78, 5) is 12.7. The van der Waals surface area contributed by atoms with Gasteiger partial charge in [-0.1, -0.05) is 19.8 Å². The second-order valence-electron chi connectivity index (χ2n) is 4.68. The predicted octanol–water partition coefficient (Wildman–Crippen LogP) is 1.48. The Balaban J connectivity index is 2.39. The highest BCUT2D eigenvalue weighted by Gasteiger charge is 2.24. The molecule has 1 rings (SSSR count). The van der Waals surface area contributed by atoms with Crippen LogP contribution in [-0.4, -0.2) is 46.3 Å². The van der Waals surface area contributed by atoms with Crippen LogP contribution in [0, 0.1) is 0 Å². The monoisotopic (exact) mass is 229 g/mol. The molecule has 0 radical (unpaired) electrons. The van der Waals surface area contributed by atoms with Crippen molar-refractivity contribution in [1.29, 1.82) is 0 Å². The van der Waals surface area contributed by atoms with E-state index in [9.17, 15) is 9.90 Å². The lowest BCUT2D eigenvalue weighted by molar-refractivity contribution is -0.139. The number of piperidine rings is 1. The maximum Gasteiger partial charge on any atom is 0.306 e.